The smallest absolute Gasteiger partial charge is 0.288 e. The first-order valence-corrected chi connectivity index (χ1v) is 12.4. The van der Waals surface area contributed by atoms with Crippen molar-refractivity contribution in [2.24, 2.45) is 5.92 Å². The zero-order valence-electron chi connectivity index (χ0n) is 20.0. The van der Waals surface area contributed by atoms with Crippen LogP contribution in [0.4, 0.5) is 0 Å². The normalized spacial score (nSPS) is 23.3. The van der Waals surface area contributed by atoms with Gasteiger partial charge in [0, 0.05) is 57.8 Å². The van der Waals surface area contributed by atoms with Crippen molar-refractivity contribution in [2.75, 3.05) is 39.4 Å². The lowest BCUT2D eigenvalue weighted by molar-refractivity contribution is -0.171. The number of benzene rings is 2. The van der Waals surface area contributed by atoms with Crippen molar-refractivity contribution in [3.8, 4) is 0 Å². The van der Waals surface area contributed by atoms with Gasteiger partial charge < -0.3 is 19.5 Å². The zero-order chi connectivity index (χ0) is 23.8. The van der Waals surface area contributed by atoms with E-state index in [4.69, 9.17) is 9.47 Å². The molecule has 1 amide bonds. The Morgan fingerprint density at radius 3 is 2.35 bits per heavy atom. The molecule has 1 saturated heterocycles. The Kier molecular flexibility index (Phi) is 8.74. The number of piperazine rings is 1. The Hall–Kier alpha value is -2.67. The molecule has 0 radical (unpaired) electrons. The molecule has 0 unspecified atom stereocenters. The molecule has 34 heavy (non-hydrogen) atoms. The first-order valence-electron chi connectivity index (χ1n) is 12.4. The van der Waals surface area contributed by atoms with Gasteiger partial charge in [-0.05, 0) is 37.0 Å². The van der Waals surface area contributed by atoms with Gasteiger partial charge in [0.05, 0.1) is 0 Å². The Bertz CT molecular complexity index is 926. The number of hydrogen-bond acceptors (Lipinski definition) is 5. The van der Waals surface area contributed by atoms with Crippen LogP contribution in [0.2, 0.25) is 0 Å². The van der Waals surface area contributed by atoms with E-state index in [1.165, 1.54) is 5.56 Å². The maximum absolute atomic E-state index is 13.5. The van der Waals surface area contributed by atoms with Gasteiger partial charge in [0.15, 0.2) is 5.76 Å². The summed E-state index contributed by atoms with van der Waals surface area (Å²) < 4.78 is 12.1. The van der Waals surface area contributed by atoms with Gasteiger partial charge in [-0.15, -0.1) is 0 Å². The number of carbonyl (C=O) groups is 1. The van der Waals surface area contributed by atoms with E-state index in [-0.39, 0.29) is 24.3 Å². The fourth-order valence-electron chi connectivity index (χ4n) is 4.92. The molecule has 6 heteroatoms. The molecule has 0 aromatic heterocycles. The van der Waals surface area contributed by atoms with Crippen LogP contribution in [-0.2, 0) is 20.8 Å². The van der Waals surface area contributed by atoms with Gasteiger partial charge in [-0.25, -0.2) is 0 Å². The average Bonchev–Trinajstić information content (AvgIpc) is 2.89. The van der Waals surface area contributed by atoms with Crippen molar-refractivity contribution >= 4 is 5.91 Å². The van der Waals surface area contributed by atoms with Crippen LogP contribution in [0, 0.1) is 5.92 Å². The van der Waals surface area contributed by atoms with E-state index in [9.17, 15) is 9.90 Å². The molecule has 6 nitrogen and oxygen atoms in total. The lowest BCUT2D eigenvalue weighted by atomic mass is 9.80. The molecule has 2 aliphatic heterocycles. The van der Waals surface area contributed by atoms with Gasteiger partial charge in [-0.2, -0.15) is 0 Å². The van der Waals surface area contributed by atoms with E-state index in [1.807, 2.05) is 42.2 Å². The zero-order valence-corrected chi connectivity index (χ0v) is 20.0. The second-order valence-electron chi connectivity index (χ2n) is 8.99. The van der Waals surface area contributed by atoms with Crippen LogP contribution in [0.15, 0.2) is 72.5 Å². The molecule has 0 saturated carbocycles. The van der Waals surface area contributed by atoms with Crippen molar-refractivity contribution in [3.63, 3.8) is 0 Å². The summed E-state index contributed by atoms with van der Waals surface area (Å²) in [6.07, 6.45) is 2.90. The van der Waals surface area contributed by atoms with Gasteiger partial charge in [0.1, 0.15) is 0 Å². The molecule has 2 aromatic carbocycles. The second kappa shape index (κ2) is 12.2. The van der Waals surface area contributed by atoms with Crippen LogP contribution < -0.4 is 0 Å². The molecule has 1 fully saturated rings. The molecule has 3 atom stereocenters. The van der Waals surface area contributed by atoms with Gasteiger partial charge in [0.25, 0.3) is 5.91 Å². The highest BCUT2D eigenvalue weighted by molar-refractivity contribution is 5.92. The van der Waals surface area contributed by atoms with Gasteiger partial charge >= 0.3 is 0 Å². The fourth-order valence-corrected chi connectivity index (χ4v) is 4.92. The van der Waals surface area contributed by atoms with E-state index in [0.29, 0.717) is 31.9 Å². The number of carbonyl (C=O) groups excluding carboxylic acids is 1. The Labute approximate surface area is 202 Å². The van der Waals surface area contributed by atoms with Crippen molar-refractivity contribution < 1.29 is 19.4 Å². The summed E-state index contributed by atoms with van der Waals surface area (Å²) in [5.41, 5.74) is 2.43. The van der Waals surface area contributed by atoms with Crippen LogP contribution in [0.3, 0.4) is 0 Å². The summed E-state index contributed by atoms with van der Waals surface area (Å²) in [5, 5.41) is 9.43. The fraction of sp³-hybridized carbons (Fsp3) is 0.464. The van der Waals surface area contributed by atoms with Crippen molar-refractivity contribution in [1.29, 1.82) is 0 Å². The van der Waals surface area contributed by atoms with Gasteiger partial charge in [0.2, 0.25) is 6.29 Å². The van der Waals surface area contributed by atoms with Crippen LogP contribution in [-0.4, -0.2) is 66.5 Å². The quantitative estimate of drug-likeness (QED) is 0.612. The monoisotopic (exact) mass is 464 g/mol. The van der Waals surface area contributed by atoms with Crippen LogP contribution >= 0.6 is 0 Å². The molecular formula is C28H36N2O4. The molecule has 1 N–H and O–H groups in total. The summed E-state index contributed by atoms with van der Waals surface area (Å²) in [5.74, 6) is 0.347. The summed E-state index contributed by atoms with van der Waals surface area (Å²) in [6, 6.07) is 20.7. The molecule has 2 aromatic rings. The number of aliphatic hydroxyl groups is 1. The highest BCUT2D eigenvalue weighted by Crippen LogP contribution is 2.39. The van der Waals surface area contributed by atoms with E-state index >= 15 is 0 Å². The minimum atomic E-state index is -0.509. The minimum Gasteiger partial charge on any atom is -0.459 e. The third kappa shape index (κ3) is 6.06. The lowest BCUT2D eigenvalue weighted by Gasteiger charge is -2.39. The van der Waals surface area contributed by atoms with Crippen molar-refractivity contribution in [2.45, 2.75) is 38.5 Å². The molecule has 0 bridgehead atoms. The number of hydrogen-bond donors (Lipinski definition) is 1. The first kappa shape index (κ1) is 24.5. The predicted molar refractivity (Wildman–Crippen MR) is 132 cm³/mol. The molecule has 0 spiro atoms. The average molecular weight is 465 g/mol. The summed E-state index contributed by atoms with van der Waals surface area (Å²) in [7, 11) is 0. The van der Waals surface area contributed by atoms with Crippen molar-refractivity contribution in [1.82, 2.24) is 9.80 Å². The number of amides is 1. The second-order valence-corrected chi connectivity index (χ2v) is 8.99. The number of ether oxygens (including phenoxy) is 2. The Balaban J connectivity index is 1.48. The van der Waals surface area contributed by atoms with E-state index in [0.717, 1.165) is 31.6 Å². The highest BCUT2D eigenvalue weighted by atomic mass is 16.7. The molecule has 182 valence electrons. The Morgan fingerprint density at radius 2 is 1.71 bits per heavy atom. The number of rotatable bonds is 9. The van der Waals surface area contributed by atoms with Crippen molar-refractivity contribution in [3.05, 3.63) is 83.6 Å². The van der Waals surface area contributed by atoms with E-state index in [2.05, 4.69) is 41.3 Å². The van der Waals surface area contributed by atoms with Crippen LogP contribution in [0.5, 0.6) is 0 Å². The number of aliphatic hydroxyl groups excluding tert-OH is 1. The maximum Gasteiger partial charge on any atom is 0.288 e. The van der Waals surface area contributed by atoms with E-state index in [1.54, 1.807) is 0 Å². The lowest BCUT2D eigenvalue weighted by Crippen LogP contribution is -2.49. The first-order chi connectivity index (χ1) is 16.7. The molecule has 4 rings (SSSR count). The summed E-state index contributed by atoms with van der Waals surface area (Å²) >= 11 is 0. The van der Waals surface area contributed by atoms with Crippen LogP contribution in [0.25, 0.3) is 0 Å². The third-order valence-electron chi connectivity index (χ3n) is 6.72. The number of nitrogens with zero attached hydrogens (tertiary/aromatic N) is 2. The largest absolute Gasteiger partial charge is 0.459 e. The molecular weight excluding hydrogens is 428 g/mol. The SMILES string of the molecule is CCO[C@@H]1OC(C(=O)N2CCN(Cc3ccccc3)CC2)=C[C@H](c2ccccc2)[C@@H]1CCCO. The Morgan fingerprint density at radius 1 is 1.03 bits per heavy atom. The maximum atomic E-state index is 13.5. The molecule has 0 aliphatic carbocycles. The number of allylic oxidation sites excluding steroid dienone is 1. The van der Waals surface area contributed by atoms with Gasteiger partial charge in [-0.3, -0.25) is 9.69 Å². The molecule has 2 heterocycles. The summed E-state index contributed by atoms with van der Waals surface area (Å²) in [4.78, 5) is 17.8. The van der Waals surface area contributed by atoms with Crippen LogP contribution in [0.1, 0.15) is 36.8 Å². The van der Waals surface area contributed by atoms with E-state index < -0.39 is 6.29 Å². The summed E-state index contributed by atoms with van der Waals surface area (Å²) in [6.45, 7) is 6.49. The third-order valence-corrected chi connectivity index (χ3v) is 6.72. The molecule has 2 aliphatic rings. The topological polar surface area (TPSA) is 62.2 Å². The predicted octanol–water partition coefficient (Wildman–Crippen LogP) is 3.78. The standard InChI is InChI=1S/C28H36N2O4/c1-2-33-28-24(14-9-19-31)25(23-12-7-4-8-13-23)20-26(34-28)27(32)30-17-15-29(16-18-30)21-22-10-5-3-6-11-22/h3-8,10-13,20,24-25,28,31H,2,9,14-19,21H2,1H3/t24-,25+,28+/m0/s1. The van der Waals surface area contributed by atoms with Gasteiger partial charge in [-0.1, -0.05) is 60.7 Å². The highest BCUT2D eigenvalue weighted by Gasteiger charge is 2.39. The minimum absolute atomic E-state index is 0.00336.